The predicted molar refractivity (Wildman–Crippen MR) is 135 cm³/mol. The highest BCUT2D eigenvalue weighted by molar-refractivity contribution is 6.33. The van der Waals surface area contributed by atoms with Crippen LogP contribution in [0, 0.1) is 0 Å². The monoisotopic (exact) mass is 463 g/mol. The quantitative estimate of drug-likeness (QED) is 0.348. The number of rotatable bonds is 7. The van der Waals surface area contributed by atoms with Gasteiger partial charge in [-0.15, -0.1) is 0 Å². The van der Waals surface area contributed by atoms with E-state index in [1.807, 2.05) is 68.5 Å². The number of hydrogen-bond donors (Lipinski definition) is 3. The van der Waals surface area contributed by atoms with Gasteiger partial charge in [-0.1, -0.05) is 29.8 Å². The number of benzene rings is 2. The Balaban J connectivity index is 1.60. The number of anilines is 4. The van der Waals surface area contributed by atoms with Crippen molar-refractivity contribution in [2.75, 3.05) is 43.1 Å². The molecule has 4 rings (SSSR count). The molecule has 0 spiro atoms. The van der Waals surface area contributed by atoms with Gasteiger partial charge in [-0.25, -0.2) is 9.97 Å². The maximum atomic E-state index is 12.6. The van der Waals surface area contributed by atoms with Crippen LogP contribution in [0.25, 0.3) is 22.2 Å². The molecular formula is C24H26ClN7O. The number of nitrogens with two attached hydrogens (primary N) is 1. The Bertz CT molecular complexity index is 1300. The fourth-order valence-corrected chi connectivity index (χ4v) is 3.92. The smallest absolute Gasteiger partial charge is 0.241 e. The standard InChI is InChI=1S/C24H26ClN7O/c1-4-32(22(33)14-31(2)3)21-10-9-15(11-19(21)26)29-24-28-13-18(25)23(30-24)17-12-27-20-8-6-5-7-16(17)20/h5-13,27H,4,14,26H2,1-3H3,(H,28,29,30). The van der Waals surface area contributed by atoms with Gasteiger partial charge in [0.25, 0.3) is 0 Å². The summed E-state index contributed by atoms with van der Waals surface area (Å²) in [4.78, 5) is 28.3. The van der Waals surface area contributed by atoms with Crippen LogP contribution in [0.3, 0.4) is 0 Å². The first-order chi connectivity index (χ1) is 15.9. The molecule has 2 aromatic heterocycles. The zero-order valence-electron chi connectivity index (χ0n) is 18.8. The number of hydrogen-bond acceptors (Lipinski definition) is 6. The van der Waals surface area contributed by atoms with Gasteiger partial charge in [0.05, 0.1) is 34.8 Å². The van der Waals surface area contributed by atoms with Crippen LogP contribution in [0.5, 0.6) is 0 Å². The Kier molecular flexibility index (Phi) is 6.48. The van der Waals surface area contributed by atoms with E-state index in [9.17, 15) is 4.79 Å². The van der Waals surface area contributed by atoms with E-state index in [-0.39, 0.29) is 5.91 Å². The van der Waals surface area contributed by atoms with Gasteiger partial charge in [-0.3, -0.25) is 4.79 Å². The van der Waals surface area contributed by atoms with Crippen molar-refractivity contribution in [3.63, 3.8) is 0 Å². The summed E-state index contributed by atoms with van der Waals surface area (Å²) < 4.78 is 0. The van der Waals surface area contributed by atoms with Crippen molar-refractivity contribution in [1.29, 1.82) is 0 Å². The zero-order valence-corrected chi connectivity index (χ0v) is 19.5. The number of carbonyl (C=O) groups excluding carboxylic acids is 1. The van der Waals surface area contributed by atoms with E-state index in [1.165, 1.54) is 0 Å². The van der Waals surface area contributed by atoms with Gasteiger partial charge in [0.2, 0.25) is 11.9 Å². The Morgan fingerprint density at radius 1 is 1.21 bits per heavy atom. The molecule has 0 unspecified atom stereocenters. The maximum Gasteiger partial charge on any atom is 0.241 e. The molecule has 0 fully saturated rings. The van der Waals surface area contributed by atoms with Gasteiger partial charge in [0.1, 0.15) is 0 Å². The van der Waals surface area contributed by atoms with Gasteiger partial charge in [-0.2, -0.15) is 0 Å². The molecule has 1 amide bonds. The third kappa shape index (κ3) is 4.76. The van der Waals surface area contributed by atoms with Crippen LogP contribution in [0.15, 0.2) is 54.9 Å². The van der Waals surface area contributed by atoms with Crippen LogP contribution >= 0.6 is 11.6 Å². The number of aromatic amines is 1. The molecule has 4 aromatic rings. The molecule has 0 aliphatic rings. The topological polar surface area (TPSA) is 103 Å². The molecule has 0 atom stereocenters. The van der Waals surface area contributed by atoms with Crippen molar-refractivity contribution in [3.05, 3.63) is 59.9 Å². The molecule has 0 aliphatic carbocycles. The number of nitrogen functional groups attached to an aromatic ring is 1. The summed E-state index contributed by atoms with van der Waals surface area (Å²) in [6, 6.07) is 13.4. The van der Waals surface area contributed by atoms with Crippen LogP contribution in [-0.2, 0) is 4.79 Å². The molecule has 0 radical (unpaired) electrons. The highest BCUT2D eigenvalue weighted by Gasteiger charge is 2.18. The Labute approximate surface area is 197 Å². The highest BCUT2D eigenvalue weighted by Crippen LogP contribution is 2.33. The summed E-state index contributed by atoms with van der Waals surface area (Å²) in [6.45, 7) is 2.76. The predicted octanol–water partition coefficient (Wildman–Crippen LogP) is 4.52. The first kappa shape index (κ1) is 22.6. The van der Waals surface area contributed by atoms with E-state index in [2.05, 4.69) is 20.3 Å². The number of aromatic nitrogens is 3. The molecular weight excluding hydrogens is 438 g/mol. The highest BCUT2D eigenvalue weighted by atomic mass is 35.5. The molecule has 33 heavy (non-hydrogen) atoms. The van der Waals surface area contributed by atoms with Crippen molar-refractivity contribution in [2.45, 2.75) is 6.92 Å². The SMILES string of the molecule is CCN(C(=O)CN(C)C)c1ccc(Nc2ncc(Cl)c(-c3c[nH]c4ccccc34)n2)cc1N. The summed E-state index contributed by atoms with van der Waals surface area (Å²) in [7, 11) is 3.72. The third-order valence-electron chi connectivity index (χ3n) is 5.23. The van der Waals surface area contributed by atoms with E-state index >= 15 is 0 Å². The average molecular weight is 464 g/mol. The van der Waals surface area contributed by atoms with Crippen LogP contribution in [0.1, 0.15) is 6.92 Å². The summed E-state index contributed by atoms with van der Waals surface area (Å²) in [5.74, 6) is 0.377. The van der Waals surface area contributed by atoms with Crippen LogP contribution in [0.4, 0.5) is 23.0 Å². The van der Waals surface area contributed by atoms with E-state index < -0.39 is 0 Å². The van der Waals surface area contributed by atoms with Crippen LogP contribution in [0.2, 0.25) is 5.02 Å². The van der Waals surface area contributed by atoms with Crippen molar-refractivity contribution < 1.29 is 4.79 Å². The lowest BCUT2D eigenvalue weighted by Crippen LogP contribution is -2.38. The van der Waals surface area contributed by atoms with Crippen molar-refractivity contribution in [3.8, 4) is 11.3 Å². The number of para-hydroxylation sites is 1. The minimum atomic E-state index is -0.0145. The number of amides is 1. The van der Waals surface area contributed by atoms with Gasteiger partial charge < -0.3 is 25.8 Å². The lowest BCUT2D eigenvalue weighted by Gasteiger charge is -2.24. The fourth-order valence-electron chi connectivity index (χ4n) is 3.73. The van der Waals surface area contributed by atoms with Crippen molar-refractivity contribution in [1.82, 2.24) is 19.9 Å². The molecule has 2 aromatic carbocycles. The maximum absolute atomic E-state index is 12.6. The Morgan fingerprint density at radius 2 is 2.00 bits per heavy atom. The van der Waals surface area contributed by atoms with E-state index in [0.29, 0.717) is 46.8 Å². The lowest BCUT2D eigenvalue weighted by atomic mass is 10.1. The van der Waals surface area contributed by atoms with Crippen LogP contribution in [-0.4, -0.2) is 52.9 Å². The molecule has 2 heterocycles. The molecule has 0 bridgehead atoms. The second kappa shape index (κ2) is 9.48. The number of carbonyl (C=O) groups is 1. The molecule has 9 heteroatoms. The number of halogens is 1. The van der Waals surface area contributed by atoms with Crippen molar-refractivity contribution >= 4 is 51.4 Å². The second-order valence-electron chi connectivity index (χ2n) is 7.91. The summed E-state index contributed by atoms with van der Waals surface area (Å²) in [6.07, 6.45) is 3.46. The number of nitrogens with zero attached hydrogens (tertiary/aromatic N) is 4. The second-order valence-corrected chi connectivity index (χ2v) is 8.32. The van der Waals surface area contributed by atoms with Gasteiger partial charge in [0.15, 0.2) is 0 Å². The third-order valence-corrected chi connectivity index (χ3v) is 5.51. The van der Waals surface area contributed by atoms with Crippen LogP contribution < -0.4 is 16.0 Å². The first-order valence-corrected chi connectivity index (χ1v) is 11.0. The fraction of sp³-hybridized carbons (Fsp3) is 0.208. The normalized spacial score (nSPS) is 11.2. The Hall–Kier alpha value is -3.62. The summed E-state index contributed by atoms with van der Waals surface area (Å²) in [5, 5.41) is 4.67. The Morgan fingerprint density at radius 3 is 2.73 bits per heavy atom. The zero-order chi connectivity index (χ0) is 23.5. The molecule has 0 aliphatic heterocycles. The van der Waals surface area contributed by atoms with E-state index in [0.717, 1.165) is 16.5 Å². The molecule has 8 nitrogen and oxygen atoms in total. The minimum Gasteiger partial charge on any atom is -0.397 e. The molecule has 4 N–H and O–H groups in total. The van der Waals surface area contributed by atoms with Crippen molar-refractivity contribution in [2.24, 2.45) is 0 Å². The molecule has 170 valence electrons. The largest absolute Gasteiger partial charge is 0.397 e. The lowest BCUT2D eigenvalue weighted by molar-refractivity contribution is -0.119. The van der Waals surface area contributed by atoms with Gasteiger partial charge in [-0.05, 0) is 45.3 Å². The minimum absolute atomic E-state index is 0.0145. The van der Waals surface area contributed by atoms with E-state index in [4.69, 9.17) is 17.3 Å². The number of H-pyrrole nitrogens is 1. The molecule has 0 saturated carbocycles. The van der Waals surface area contributed by atoms with Gasteiger partial charge in [0, 0.05) is 34.9 Å². The average Bonchev–Trinajstić information content (AvgIpc) is 3.20. The summed E-state index contributed by atoms with van der Waals surface area (Å²) in [5.41, 5.74) is 10.7. The van der Waals surface area contributed by atoms with Gasteiger partial charge >= 0.3 is 0 Å². The molecule has 0 saturated heterocycles. The van der Waals surface area contributed by atoms with E-state index in [1.54, 1.807) is 17.2 Å². The first-order valence-electron chi connectivity index (χ1n) is 10.6. The number of fused-ring (bicyclic) bond motifs is 1. The summed E-state index contributed by atoms with van der Waals surface area (Å²) >= 11 is 6.43. The number of likely N-dealkylation sites (N-methyl/N-ethyl adjacent to an activating group) is 2. The number of nitrogens with one attached hydrogen (secondary N) is 2.